The summed E-state index contributed by atoms with van der Waals surface area (Å²) >= 11 is 6.59. The number of nitrogens with one attached hydrogen (secondary N) is 2. The minimum absolute atomic E-state index is 0.244. The molecule has 0 fully saturated rings. The summed E-state index contributed by atoms with van der Waals surface area (Å²) in [5.74, 6) is -0.527. The molecule has 0 saturated heterocycles. The van der Waals surface area contributed by atoms with Gasteiger partial charge >= 0.3 is 11.9 Å². The molecule has 0 radical (unpaired) electrons. The number of hydrogen-bond donors (Lipinski definition) is 1. The zero-order chi connectivity index (χ0) is 24.1. The van der Waals surface area contributed by atoms with Gasteiger partial charge in [0.2, 0.25) is 0 Å². The van der Waals surface area contributed by atoms with E-state index < -0.39 is 11.9 Å². The average molecular weight is 477 g/mol. The molecule has 0 amide bonds. The van der Waals surface area contributed by atoms with Crippen molar-refractivity contribution in [3.8, 4) is 0 Å². The highest BCUT2D eigenvalue weighted by atomic mass is 35.5. The van der Waals surface area contributed by atoms with E-state index in [1.54, 1.807) is 25.3 Å². The number of anilines is 1. The first-order valence-corrected chi connectivity index (χ1v) is 11.7. The molecule has 1 aliphatic rings. The lowest BCUT2D eigenvalue weighted by Gasteiger charge is -2.28. The van der Waals surface area contributed by atoms with Crippen LogP contribution in [-0.2, 0) is 9.53 Å². The number of aromatic nitrogens is 2. The van der Waals surface area contributed by atoms with Gasteiger partial charge in [-0.3, -0.25) is 4.79 Å². The molecule has 1 unspecified atom stereocenters. The molecule has 4 rings (SSSR count). The van der Waals surface area contributed by atoms with Crippen molar-refractivity contribution in [3.63, 3.8) is 0 Å². The number of carbonyl (C=O) groups excluding carboxylic acids is 2. The minimum atomic E-state index is -0.478. The maximum Gasteiger partial charge on any atom is 0.336 e. The van der Waals surface area contributed by atoms with Crippen LogP contribution in [0.2, 0.25) is 5.02 Å². The third-order valence-corrected chi connectivity index (χ3v) is 6.03. The second-order valence-electron chi connectivity index (χ2n) is 7.94. The van der Waals surface area contributed by atoms with Gasteiger partial charge < -0.3 is 10.1 Å². The maximum absolute atomic E-state index is 13.1. The highest BCUT2D eigenvalue weighted by molar-refractivity contribution is 6.31. The molecule has 174 valence electrons. The Kier molecular flexibility index (Phi) is 7.28. The molecule has 0 aliphatic carbocycles. The first kappa shape index (κ1) is 23.5. The molecular formula is C27H27ClN3O3+. The molecule has 2 aromatic carbocycles. The van der Waals surface area contributed by atoms with Gasteiger partial charge in [-0.15, -0.1) is 5.10 Å². The molecule has 0 spiro atoms. The lowest BCUT2D eigenvalue weighted by molar-refractivity contribution is -0.470. The molecule has 2 heterocycles. The number of allylic oxidation sites excluding steroid dienone is 2. The van der Waals surface area contributed by atoms with Gasteiger partial charge in [0.1, 0.15) is 0 Å². The molecule has 0 saturated carbocycles. The van der Waals surface area contributed by atoms with Crippen molar-refractivity contribution in [1.29, 1.82) is 0 Å². The number of fused-ring (bicyclic) bond motifs is 1. The van der Waals surface area contributed by atoms with Crippen LogP contribution in [0.3, 0.4) is 0 Å². The molecule has 0 bridgehead atoms. The molecule has 1 aliphatic heterocycles. The van der Waals surface area contributed by atoms with Crippen LogP contribution in [0.15, 0.2) is 78.1 Å². The van der Waals surface area contributed by atoms with Gasteiger partial charge in [-0.1, -0.05) is 78.2 Å². The van der Waals surface area contributed by atoms with E-state index in [2.05, 4.69) is 10.4 Å². The van der Waals surface area contributed by atoms with Crippen LogP contribution in [-0.4, -0.2) is 23.2 Å². The predicted octanol–water partition coefficient (Wildman–Crippen LogP) is 5.48. The molecule has 6 nitrogen and oxygen atoms in total. The number of ether oxygens (including phenoxy) is 1. The fourth-order valence-electron chi connectivity index (χ4n) is 4.19. The second kappa shape index (κ2) is 10.5. The highest BCUT2D eigenvalue weighted by Gasteiger charge is 2.40. The lowest BCUT2D eigenvalue weighted by Crippen LogP contribution is -2.29. The first-order chi connectivity index (χ1) is 16.5. The fourth-order valence-corrected chi connectivity index (χ4v) is 4.44. The standard InChI is InChI=1S/C27H26ClN3O3/c1-3-10-22-25(27(33)34-4-2)24(19-13-8-9-14-21(19)28)20-17-29-31(26(20)30-22)23(32)16-15-18-11-6-5-7-12-18/h5-9,11-17,24,30H,3-4,10H2,1-2H3/p+1. The number of rotatable bonds is 7. The summed E-state index contributed by atoms with van der Waals surface area (Å²) in [6.45, 7) is 4.09. The second-order valence-corrected chi connectivity index (χ2v) is 8.34. The summed E-state index contributed by atoms with van der Waals surface area (Å²) in [5.41, 5.74) is 3.70. The third kappa shape index (κ3) is 4.68. The highest BCUT2D eigenvalue weighted by Crippen LogP contribution is 2.44. The Balaban J connectivity index is 1.82. The van der Waals surface area contributed by atoms with E-state index in [0.29, 0.717) is 22.8 Å². The van der Waals surface area contributed by atoms with Crippen LogP contribution in [0.5, 0.6) is 0 Å². The summed E-state index contributed by atoms with van der Waals surface area (Å²) in [7, 11) is 0. The van der Waals surface area contributed by atoms with Crippen molar-refractivity contribution in [2.75, 3.05) is 11.9 Å². The number of nitrogens with zero attached hydrogens (tertiary/aromatic N) is 1. The van der Waals surface area contributed by atoms with Crippen LogP contribution in [0, 0.1) is 0 Å². The van der Waals surface area contributed by atoms with Crippen LogP contribution < -0.4 is 10.4 Å². The Morgan fingerprint density at radius 3 is 2.53 bits per heavy atom. The van der Waals surface area contributed by atoms with E-state index >= 15 is 0 Å². The van der Waals surface area contributed by atoms with Gasteiger partial charge in [0.05, 0.1) is 23.7 Å². The fraction of sp³-hybridized carbons (Fsp3) is 0.222. The van der Waals surface area contributed by atoms with E-state index in [1.807, 2.05) is 55.5 Å². The van der Waals surface area contributed by atoms with Gasteiger partial charge in [0.25, 0.3) is 0 Å². The molecule has 2 N–H and O–H groups in total. The summed E-state index contributed by atoms with van der Waals surface area (Å²) in [6, 6.07) is 17.1. The number of halogens is 1. The smallest absolute Gasteiger partial charge is 0.336 e. The molecule has 34 heavy (non-hydrogen) atoms. The van der Waals surface area contributed by atoms with Gasteiger partial charge in [-0.05, 0) is 36.6 Å². The molecule has 7 heteroatoms. The zero-order valence-electron chi connectivity index (χ0n) is 19.2. The van der Waals surface area contributed by atoms with Crippen molar-refractivity contribution < 1.29 is 19.4 Å². The number of benzene rings is 2. The van der Waals surface area contributed by atoms with Crippen LogP contribution >= 0.6 is 11.6 Å². The van der Waals surface area contributed by atoms with Crippen LogP contribution in [0.25, 0.3) is 6.08 Å². The average Bonchev–Trinajstić information content (AvgIpc) is 3.27. The summed E-state index contributed by atoms with van der Waals surface area (Å²) in [4.78, 5) is 26.2. The van der Waals surface area contributed by atoms with E-state index in [-0.39, 0.29) is 12.5 Å². The predicted molar refractivity (Wildman–Crippen MR) is 133 cm³/mol. The maximum atomic E-state index is 13.1. The van der Waals surface area contributed by atoms with Crippen molar-refractivity contribution in [1.82, 2.24) is 4.68 Å². The monoisotopic (exact) mass is 476 g/mol. The normalized spacial score (nSPS) is 15.2. The Hall–Kier alpha value is -3.64. The quantitative estimate of drug-likeness (QED) is 0.361. The molecule has 1 aromatic heterocycles. The van der Waals surface area contributed by atoms with E-state index in [0.717, 1.165) is 28.8 Å². The van der Waals surface area contributed by atoms with Gasteiger partial charge in [0, 0.05) is 16.8 Å². The van der Waals surface area contributed by atoms with Crippen molar-refractivity contribution in [3.05, 3.63) is 99.9 Å². The molecular weight excluding hydrogens is 450 g/mol. The number of esters is 1. The van der Waals surface area contributed by atoms with Gasteiger partial charge in [0.15, 0.2) is 12.0 Å². The Bertz CT molecular complexity index is 1260. The Morgan fingerprint density at radius 1 is 1.09 bits per heavy atom. The van der Waals surface area contributed by atoms with Gasteiger partial charge in [-0.25, -0.2) is 4.79 Å². The SMILES string of the molecule is CCCC1=C(C(=O)OCC)C(c2ccccc2Cl)c2c[nH+]n(C(=O)C=Cc3ccccc3)c2N1. The van der Waals surface area contributed by atoms with E-state index in [9.17, 15) is 9.59 Å². The van der Waals surface area contributed by atoms with Crippen molar-refractivity contribution >= 4 is 35.4 Å². The number of aromatic amines is 1. The Labute approximate surface area is 203 Å². The van der Waals surface area contributed by atoms with Gasteiger partial charge in [-0.2, -0.15) is 0 Å². The summed E-state index contributed by atoms with van der Waals surface area (Å²) in [6.07, 6.45) is 6.45. The Morgan fingerprint density at radius 2 is 1.82 bits per heavy atom. The first-order valence-electron chi connectivity index (χ1n) is 11.4. The van der Waals surface area contributed by atoms with Crippen LogP contribution in [0.4, 0.5) is 5.82 Å². The third-order valence-electron chi connectivity index (χ3n) is 5.69. The van der Waals surface area contributed by atoms with Crippen molar-refractivity contribution in [2.45, 2.75) is 32.6 Å². The molecule has 3 aromatic rings. The van der Waals surface area contributed by atoms with Crippen LogP contribution in [0.1, 0.15) is 54.1 Å². The lowest BCUT2D eigenvalue weighted by atomic mass is 9.82. The minimum Gasteiger partial charge on any atom is -0.463 e. The van der Waals surface area contributed by atoms with Crippen molar-refractivity contribution in [2.24, 2.45) is 0 Å². The molecule has 1 atom stereocenters. The number of H-pyrrole nitrogens is 1. The largest absolute Gasteiger partial charge is 0.463 e. The number of carbonyl (C=O) groups is 2. The number of hydrogen-bond acceptors (Lipinski definition) is 4. The summed E-state index contributed by atoms with van der Waals surface area (Å²) < 4.78 is 6.89. The topological polar surface area (TPSA) is 74.5 Å². The van der Waals surface area contributed by atoms with E-state index in [4.69, 9.17) is 16.3 Å². The summed E-state index contributed by atoms with van der Waals surface area (Å²) in [5, 5.41) is 6.95. The zero-order valence-corrected chi connectivity index (χ0v) is 19.9. The van der Waals surface area contributed by atoms with E-state index in [1.165, 1.54) is 10.8 Å².